The Balaban J connectivity index is 3.50. The molecule has 0 saturated carbocycles. The van der Waals surface area contributed by atoms with E-state index in [1.54, 1.807) is 0 Å². The molecule has 0 spiro atoms. The fourth-order valence-electron chi connectivity index (χ4n) is 0.635. The monoisotopic (exact) mass is 223 g/mol. The van der Waals surface area contributed by atoms with Crippen molar-refractivity contribution in [3.63, 3.8) is 0 Å². The van der Waals surface area contributed by atoms with Crippen LogP contribution in [0.3, 0.4) is 0 Å². The van der Waals surface area contributed by atoms with Crippen molar-refractivity contribution in [2.24, 2.45) is 0 Å². The highest BCUT2D eigenvalue weighted by Gasteiger charge is 2.10. The zero-order valence-electron chi connectivity index (χ0n) is 7.32. The minimum absolute atomic E-state index is 0.0194. The Morgan fingerprint density at radius 2 is 2.23 bits per heavy atom. The zero-order chi connectivity index (χ0) is 10.3. The van der Waals surface area contributed by atoms with Crippen LogP contribution < -0.4 is 5.32 Å². The number of nitrogens with one attached hydrogen (secondary N) is 1. The third kappa shape index (κ3) is 6.92. The molecule has 0 radical (unpaired) electrons. The van der Waals surface area contributed by atoms with Crippen LogP contribution in [0.4, 0.5) is 0 Å². The van der Waals surface area contributed by atoms with Gasteiger partial charge in [-0.3, -0.25) is 14.9 Å². The third-order valence-electron chi connectivity index (χ3n) is 1.33. The second-order valence-electron chi connectivity index (χ2n) is 2.44. The van der Waals surface area contributed by atoms with Gasteiger partial charge in [0.15, 0.2) is 0 Å². The fourth-order valence-corrected chi connectivity index (χ4v) is 1.62. The molecule has 0 aliphatic carbocycles. The minimum Gasteiger partial charge on any atom is -0.481 e. The van der Waals surface area contributed by atoms with Crippen LogP contribution in [0.1, 0.15) is 6.92 Å². The van der Waals surface area contributed by atoms with Gasteiger partial charge in [0.05, 0.1) is 11.8 Å². The Bertz CT molecular complexity index is 187. The summed E-state index contributed by atoms with van der Waals surface area (Å²) in [6.07, 6.45) is 0. The lowest BCUT2D eigenvalue weighted by molar-refractivity contribution is -0.133. The summed E-state index contributed by atoms with van der Waals surface area (Å²) in [5.74, 6) is 0.104. The van der Waals surface area contributed by atoms with Gasteiger partial charge in [-0.05, 0) is 6.92 Å². The molecule has 0 amide bonds. The van der Waals surface area contributed by atoms with E-state index in [-0.39, 0.29) is 17.6 Å². The van der Waals surface area contributed by atoms with Crippen LogP contribution in [0.2, 0.25) is 0 Å². The molecule has 13 heavy (non-hydrogen) atoms. The SMILES string of the molecule is CC(=O)[C@H](CS)NCSCC(=O)O. The van der Waals surface area contributed by atoms with E-state index in [4.69, 9.17) is 5.11 Å². The van der Waals surface area contributed by atoms with Gasteiger partial charge < -0.3 is 5.11 Å². The van der Waals surface area contributed by atoms with E-state index in [0.29, 0.717) is 11.6 Å². The van der Waals surface area contributed by atoms with E-state index in [1.807, 2.05) is 0 Å². The summed E-state index contributed by atoms with van der Waals surface area (Å²) < 4.78 is 0. The number of rotatable bonds is 7. The first kappa shape index (κ1) is 12.8. The van der Waals surface area contributed by atoms with Crippen LogP contribution >= 0.6 is 24.4 Å². The molecule has 0 aromatic carbocycles. The molecule has 2 N–H and O–H groups in total. The number of ketones is 1. The number of carboxylic acids is 1. The molecular weight excluding hydrogens is 210 g/mol. The van der Waals surface area contributed by atoms with E-state index in [2.05, 4.69) is 17.9 Å². The molecule has 0 aromatic heterocycles. The van der Waals surface area contributed by atoms with Gasteiger partial charge in [0.1, 0.15) is 5.78 Å². The maximum absolute atomic E-state index is 10.9. The van der Waals surface area contributed by atoms with Crippen LogP contribution in [0.25, 0.3) is 0 Å². The van der Waals surface area contributed by atoms with E-state index in [0.717, 1.165) is 0 Å². The smallest absolute Gasteiger partial charge is 0.313 e. The average molecular weight is 223 g/mol. The number of thiol groups is 1. The molecule has 76 valence electrons. The quantitative estimate of drug-likeness (QED) is 0.328. The van der Waals surface area contributed by atoms with Gasteiger partial charge in [-0.1, -0.05) is 0 Å². The van der Waals surface area contributed by atoms with E-state index in [1.165, 1.54) is 18.7 Å². The van der Waals surface area contributed by atoms with Crippen molar-refractivity contribution in [2.45, 2.75) is 13.0 Å². The highest BCUT2D eigenvalue weighted by Crippen LogP contribution is 1.98. The lowest BCUT2D eigenvalue weighted by Gasteiger charge is -2.11. The average Bonchev–Trinajstić information content (AvgIpc) is 2.03. The summed E-state index contributed by atoms with van der Waals surface area (Å²) in [5.41, 5.74) is 0. The fraction of sp³-hybridized carbons (Fsp3) is 0.714. The summed E-state index contributed by atoms with van der Waals surface area (Å²) >= 11 is 5.21. The maximum atomic E-state index is 10.9. The van der Waals surface area contributed by atoms with Crippen molar-refractivity contribution in [1.29, 1.82) is 0 Å². The van der Waals surface area contributed by atoms with Gasteiger partial charge in [-0.25, -0.2) is 0 Å². The molecule has 4 nitrogen and oxygen atoms in total. The Hall–Kier alpha value is -0.200. The first-order chi connectivity index (χ1) is 6.07. The first-order valence-corrected chi connectivity index (χ1v) is 5.51. The van der Waals surface area contributed by atoms with Crippen LogP contribution in [0.15, 0.2) is 0 Å². The molecule has 0 bridgehead atoms. The van der Waals surface area contributed by atoms with Crippen molar-refractivity contribution in [2.75, 3.05) is 17.4 Å². The largest absolute Gasteiger partial charge is 0.481 e. The topological polar surface area (TPSA) is 66.4 Å². The summed E-state index contributed by atoms with van der Waals surface area (Å²) in [7, 11) is 0. The number of aliphatic carboxylic acids is 1. The number of carboxylic acid groups (broad SMARTS) is 1. The van der Waals surface area contributed by atoms with Crippen LogP contribution in [-0.4, -0.2) is 40.3 Å². The Labute approximate surface area is 86.9 Å². The lowest BCUT2D eigenvalue weighted by Crippen LogP contribution is -2.36. The number of carbonyl (C=O) groups is 2. The molecular formula is C7H13NO3S2. The van der Waals surface area contributed by atoms with Gasteiger partial charge in [0, 0.05) is 11.6 Å². The summed E-state index contributed by atoms with van der Waals surface area (Å²) in [6.45, 7) is 1.48. The zero-order valence-corrected chi connectivity index (χ0v) is 9.03. The standard InChI is InChI=1S/C7H13NO3S2/c1-5(9)6(2-12)8-4-13-3-7(10)11/h6,8,12H,2-4H2,1H3,(H,10,11)/t6-/m0/s1. The van der Waals surface area contributed by atoms with Crippen molar-refractivity contribution < 1.29 is 14.7 Å². The van der Waals surface area contributed by atoms with Gasteiger partial charge >= 0.3 is 5.97 Å². The molecule has 0 heterocycles. The second kappa shape index (κ2) is 7.23. The number of Topliss-reactive ketones (excluding diaryl/α,β-unsaturated/α-hetero) is 1. The van der Waals surface area contributed by atoms with E-state index < -0.39 is 5.97 Å². The van der Waals surface area contributed by atoms with Gasteiger partial charge in [0.2, 0.25) is 0 Å². The van der Waals surface area contributed by atoms with E-state index in [9.17, 15) is 9.59 Å². The Morgan fingerprint density at radius 3 is 2.62 bits per heavy atom. The van der Waals surface area contributed by atoms with Gasteiger partial charge in [-0.2, -0.15) is 12.6 Å². The number of hydrogen-bond acceptors (Lipinski definition) is 5. The van der Waals surface area contributed by atoms with Crippen molar-refractivity contribution in [3.8, 4) is 0 Å². The predicted molar refractivity (Wildman–Crippen MR) is 56.4 cm³/mol. The summed E-state index contributed by atoms with van der Waals surface area (Å²) in [6, 6.07) is -0.273. The summed E-state index contributed by atoms with van der Waals surface area (Å²) in [4.78, 5) is 21.0. The molecule has 0 fully saturated rings. The number of hydrogen-bond donors (Lipinski definition) is 3. The molecule has 6 heteroatoms. The highest BCUT2D eigenvalue weighted by atomic mass is 32.2. The number of carbonyl (C=O) groups excluding carboxylic acids is 1. The summed E-state index contributed by atoms with van der Waals surface area (Å²) in [5, 5.41) is 11.2. The second-order valence-corrected chi connectivity index (χ2v) is 3.79. The third-order valence-corrected chi connectivity index (χ3v) is 2.52. The number of thioether (sulfide) groups is 1. The van der Waals surface area contributed by atoms with Crippen LogP contribution in [0.5, 0.6) is 0 Å². The first-order valence-electron chi connectivity index (χ1n) is 3.72. The molecule has 0 aliphatic heterocycles. The molecule has 0 saturated heterocycles. The van der Waals surface area contributed by atoms with E-state index >= 15 is 0 Å². The Kier molecular flexibility index (Phi) is 7.12. The normalized spacial score (nSPS) is 12.5. The maximum Gasteiger partial charge on any atom is 0.313 e. The lowest BCUT2D eigenvalue weighted by atomic mass is 10.2. The molecule has 0 aromatic rings. The van der Waals surface area contributed by atoms with Crippen LogP contribution in [0, 0.1) is 0 Å². The molecule has 0 rings (SSSR count). The van der Waals surface area contributed by atoms with Crippen molar-refractivity contribution >= 4 is 36.1 Å². The molecule has 0 aliphatic rings. The van der Waals surface area contributed by atoms with Crippen molar-refractivity contribution in [3.05, 3.63) is 0 Å². The highest BCUT2D eigenvalue weighted by molar-refractivity contribution is 7.99. The Morgan fingerprint density at radius 1 is 1.62 bits per heavy atom. The van der Waals surface area contributed by atoms with Gasteiger partial charge in [0.25, 0.3) is 0 Å². The van der Waals surface area contributed by atoms with Crippen LogP contribution in [-0.2, 0) is 9.59 Å². The molecule has 0 unspecified atom stereocenters. The van der Waals surface area contributed by atoms with Crippen molar-refractivity contribution in [1.82, 2.24) is 5.32 Å². The molecule has 1 atom stereocenters. The minimum atomic E-state index is -0.850. The van der Waals surface area contributed by atoms with Gasteiger partial charge in [-0.15, -0.1) is 11.8 Å². The predicted octanol–water partition coefficient (Wildman–Crippen LogP) is 0.239.